The molecule has 2 saturated heterocycles. The first-order valence-corrected chi connectivity index (χ1v) is 12.8. The maximum absolute atomic E-state index is 4.79. The molecular weight excluding hydrogens is 430 g/mol. The van der Waals surface area contributed by atoms with Crippen LogP contribution in [0, 0.1) is 0 Å². The van der Waals surface area contributed by atoms with Gasteiger partial charge in [0.05, 0.1) is 23.8 Å². The standard InChI is InChI=1S/C30H35N5/c1-19-9-11-28(21(3)32-19)35-22(4)26-7-6-8-27-25(10-12-29(35)30(26)27)20(2)23-17-31-34(18-23)24-13-15-33(5)16-14-24/h6-8,10,12,17-18,20,24,28,32H,1,3-4,9,11,13-16H2,2,5H3. The summed E-state index contributed by atoms with van der Waals surface area (Å²) in [5, 5.41) is 13.1. The Morgan fingerprint density at radius 1 is 1.03 bits per heavy atom. The molecule has 0 aliphatic carbocycles. The third-order valence-corrected chi connectivity index (χ3v) is 8.33. The molecule has 2 aromatic carbocycles. The summed E-state index contributed by atoms with van der Waals surface area (Å²) in [5.74, 6) is 0.260. The van der Waals surface area contributed by atoms with E-state index in [2.05, 4.69) is 95.9 Å². The molecule has 2 aliphatic heterocycles. The lowest BCUT2D eigenvalue weighted by Crippen LogP contribution is -2.31. The number of rotatable bonds is 4. The highest BCUT2D eigenvalue weighted by atomic mass is 15.3. The summed E-state index contributed by atoms with van der Waals surface area (Å²) >= 11 is 0. The van der Waals surface area contributed by atoms with Gasteiger partial charge in [0.15, 0.2) is 0 Å². The van der Waals surface area contributed by atoms with Crippen LogP contribution in [-0.2, 0) is 0 Å². The van der Waals surface area contributed by atoms with Gasteiger partial charge in [-0.15, -0.1) is 0 Å². The monoisotopic (exact) mass is 465 g/mol. The number of benzene rings is 2. The van der Waals surface area contributed by atoms with E-state index in [0.29, 0.717) is 6.04 Å². The molecule has 5 nitrogen and oxygen atoms in total. The minimum Gasteiger partial charge on any atom is -0.362 e. The molecule has 0 radical (unpaired) electrons. The van der Waals surface area contributed by atoms with Crippen LogP contribution < -0.4 is 10.7 Å². The molecule has 4 aromatic rings. The lowest BCUT2D eigenvalue weighted by molar-refractivity contribution is 0.212. The number of nitrogens with zero attached hydrogens (tertiary/aromatic N) is 4. The van der Waals surface area contributed by atoms with Gasteiger partial charge < -0.3 is 14.8 Å². The van der Waals surface area contributed by atoms with E-state index in [1.165, 1.54) is 45.6 Å². The zero-order valence-electron chi connectivity index (χ0n) is 20.9. The predicted octanol–water partition coefficient (Wildman–Crippen LogP) is 5.49. The Labute approximate surface area is 207 Å². The number of likely N-dealkylation sites (tertiary alicyclic amines) is 1. The zero-order valence-corrected chi connectivity index (χ0v) is 20.9. The lowest BCUT2D eigenvalue weighted by atomic mass is 9.90. The first kappa shape index (κ1) is 22.2. The topological polar surface area (TPSA) is 38.0 Å². The molecule has 2 unspecified atom stereocenters. The van der Waals surface area contributed by atoms with Crippen LogP contribution in [0.3, 0.4) is 0 Å². The van der Waals surface area contributed by atoms with E-state index in [1.54, 1.807) is 0 Å². The van der Waals surface area contributed by atoms with Gasteiger partial charge in [-0.1, -0.05) is 50.9 Å². The van der Waals surface area contributed by atoms with Gasteiger partial charge in [0.1, 0.15) is 0 Å². The highest BCUT2D eigenvalue weighted by molar-refractivity contribution is 6.11. The average Bonchev–Trinajstić information content (AvgIpc) is 3.45. The van der Waals surface area contributed by atoms with Gasteiger partial charge in [0.25, 0.3) is 0 Å². The largest absolute Gasteiger partial charge is 0.362 e. The summed E-state index contributed by atoms with van der Waals surface area (Å²) in [5.41, 5.74) is 5.91. The number of hydrogen-bond acceptors (Lipinski definition) is 3. The van der Waals surface area contributed by atoms with Gasteiger partial charge in [0, 0.05) is 39.6 Å². The quantitative estimate of drug-likeness (QED) is 0.433. The molecule has 0 saturated carbocycles. The van der Waals surface area contributed by atoms with Crippen molar-refractivity contribution in [2.24, 2.45) is 0 Å². The Balaban J connectivity index is 1.40. The Morgan fingerprint density at radius 2 is 1.80 bits per heavy atom. The summed E-state index contributed by atoms with van der Waals surface area (Å²) in [7, 11) is 2.20. The van der Waals surface area contributed by atoms with E-state index in [0.717, 1.165) is 42.7 Å². The molecule has 2 aromatic heterocycles. The molecule has 0 amide bonds. The van der Waals surface area contributed by atoms with Gasteiger partial charge in [-0.25, -0.2) is 0 Å². The second kappa shape index (κ2) is 8.42. The van der Waals surface area contributed by atoms with Gasteiger partial charge in [0.2, 0.25) is 0 Å². The summed E-state index contributed by atoms with van der Waals surface area (Å²) in [6, 6.07) is 11.9. The van der Waals surface area contributed by atoms with Gasteiger partial charge in [-0.2, -0.15) is 5.10 Å². The van der Waals surface area contributed by atoms with E-state index in [9.17, 15) is 0 Å². The van der Waals surface area contributed by atoms with E-state index in [1.807, 2.05) is 0 Å². The molecule has 180 valence electrons. The smallest absolute Gasteiger partial charge is 0.0738 e. The van der Waals surface area contributed by atoms with Gasteiger partial charge in [-0.05, 0) is 68.4 Å². The highest BCUT2D eigenvalue weighted by Crippen LogP contribution is 2.38. The first-order valence-electron chi connectivity index (χ1n) is 12.8. The van der Waals surface area contributed by atoms with Crippen molar-refractivity contribution in [3.8, 4) is 0 Å². The summed E-state index contributed by atoms with van der Waals surface area (Å²) in [6.45, 7) is 17.5. The number of aromatic nitrogens is 3. The van der Waals surface area contributed by atoms with Crippen molar-refractivity contribution in [2.45, 2.75) is 50.6 Å². The molecule has 4 heterocycles. The second-order valence-corrected chi connectivity index (χ2v) is 10.5. The van der Waals surface area contributed by atoms with Crippen molar-refractivity contribution >= 4 is 28.3 Å². The van der Waals surface area contributed by atoms with Crippen LogP contribution in [0.2, 0.25) is 0 Å². The molecule has 1 N–H and O–H groups in total. The van der Waals surface area contributed by atoms with Crippen molar-refractivity contribution < 1.29 is 0 Å². The fourth-order valence-electron chi connectivity index (χ4n) is 6.22. The van der Waals surface area contributed by atoms with Crippen LogP contribution in [0.25, 0.3) is 28.3 Å². The average molecular weight is 466 g/mol. The van der Waals surface area contributed by atoms with Crippen LogP contribution in [0.1, 0.15) is 61.7 Å². The molecule has 2 atom stereocenters. The molecule has 5 heteroatoms. The third-order valence-electron chi connectivity index (χ3n) is 8.33. The van der Waals surface area contributed by atoms with E-state index in [-0.39, 0.29) is 12.0 Å². The van der Waals surface area contributed by atoms with Gasteiger partial charge >= 0.3 is 0 Å². The first-order chi connectivity index (χ1) is 16.9. The SMILES string of the molecule is C=C1CCC(n2c(=C)c3cccc4c(C(C)c5cnn(C6CCN(C)CC6)c5)ccc2c43)C(=C)N1. The summed E-state index contributed by atoms with van der Waals surface area (Å²) in [6.07, 6.45) is 8.62. The minimum atomic E-state index is 0.180. The van der Waals surface area contributed by atoms with Gasteiger partial charge in [-0.3, -0.25) is 4.68 Å². The van der Waals surface area contributed by atoms with Crippen molar-refractivity contribution in [1.29, 1.82) is 0 Å². The van der Waals surface area contributed by atoms with Crippen molar-refractivity contribution in [3.63, 3.8) is 0 Å². The minimum absolute atomic E-state index is 0.180. The molecule has 35 heavy (non-hydrogen) atoms. The predicted molar refractivity (Wildman–Crippen MR) is 145 cm³/mol. The Morgan fingerprint density at radius 3 is 2.57 bits per heavy atom. The zero-order chi connectivity index (χ0) is 24.3. The van der Waals surface area contributed by atoms with Crippen molar-refractivity contribution in [3.05, 3.63) is 83.8 Å². The number of nitrogens with one attached hydrogen (secondary N) is 1. The third kappa shape index (κ3) is 3.61. The Bertz CT molecular complexity index is 1480. The fraction of sp³-hybridized carbons (Fsp3) is 0.367. The molecule has 2 fully saturated rings. The van der Waals surface area contributed by atoms with Crippen molar-refractivity contribution in [2.75, 3.05) is 20.1 Å². The summed E-state index contributed by atoms with van der Waals surface area (Å²) in [4.78, 5) is 2.41. The van der Waals surface area contributed by atoms with Crippen LogP contribution >= 0.6 is 0 Å². The van der Waals surface area contributed by atoms with Crippen LogP contribution in [0.4, 0.5) is 0 Å². The normalized spacial score (nSPS) is 21.1. The van der Waals surface area contributed by atoms with E-state index < -0.39 is 0 Å². The highest BCUT2D eigenvalue weighted by Gasteiger charge is 2.26. The number of allylic oxidation sites excluding steroid dienone is 2. The van der Waals surface area contributed by atoms with Crippen LogP contribution in [0.15, 0.2) is 67.3 Å². The van der Waals surface area contributed by atoms with Crippen LogP contribution in [0.5, 0.6) is 0 Å². The molecular formula is C30H35N5. The Kier molecular flexibility index (Phi) is 5.33. The molecule has 6 rings (SSSR count). The molecule has 0 bridgehead atoms. The van der Waals surface area contributed by atoms with Crippen molar-refractivity contribution in [1.82, 2.24) is 24.6 Å². The Hall–Kier alpha value is -3.31. The summed E-state index contributed by atoms with van der Waals surface area (Å²) < 4.78 is 4.59. The number of hydrogen-bond donors (Lipinski definition) is 1. The lowest BCUT2D eigenvalue weighted by Gasteiger charge is -2.30. The van der Waals surface area contributed by atoms with E-state index >= 15 is 0 Å². The molecule has 0 spiro atoms. The second-order valence-electron chi connectivity index (χ2n) is 10.5. The van der Waals surface area contributed by atoms with E-state index in [4.69, 9.17) is 5.10 Å². The maximum atomic E-state index is 4.79. The molecule has 2 aliphatic rings. The van der Waals surface area contributed by atoms with Crippen LogP contribution in [-0.4, -0.2) is 39.4 Å². The fourth-order valence-corrected chi connectivity index (χ4v) is 6.22. The maximum Gasteiger partial charge on any atom is 0.0738 e. The number of piperidine rings is 2.